The summed E-state index contributed by atoms with van der Waals surface area (Å²) < 4.78 is 28.8. The number of fused-ring (bicyclic) bond motifs is 1. The predicted molar refractivity (Wildman–Crippen MR) is 97.9 cm³/mol. The molecule has 2 aromatic carbocycles. The van der Waals surface area contributed by atoms with Gasteiger partial charge in [0.05, 0.1) is 11.2 Å². The third-order valence-electron chi connectivity index (χ3n) is 4.02. The van der Waals surface area contributed by atoms with E-state index in [0.29, 0.717) is 11.2 Å². The van der Waals surface area contributed by atoms with Gasteiger partial charge < -0.3 is 0 Å². The largest absolute Gasteiger partial charge is 0.279 e. The molecule has 0 amide bonds. The highest BCUT2D eigenvalue weighted by Gasteiger charge is 2.21. The topological polar surface area (TPSA) is 59.1 Å². The molecule has 1 heterocycles. The number of pyridine rings is 1. The number of aryl methyl sites for hydroxylation is 4. The number of hydrogen-bond acceptors (Lipinski definition) is 3. The lowest BCUT2D eigenvalue weighted by molar-refractivity contribution is 0.601. The Kier molecular flexibility index (Phi) is 4.05. The summed E-state index contributed by atoms with van der Waals surface area (Å²) >= 11 is 0. The lowest BCUT2D eigenvalue weighted by Gasteiger charge is -2.15. The third kappa shape index (κ3) is 2.99. The molecule has 0 aliphatic carbocycles. The van der Waals surface area contributed by atoms with Gasteiger partial charge in [0.2, 0.25) is 0 Å². The van der Waals surface area contributed by atoms with E-state index in [-0.39, 0.29) is 4.90 Å². The van der Waals surface area contributed by atoms with Crippen LogP contribution in [-0.2, 0) is 10.0 Å². The fourth-order valence-corrected chi connectivity index (χ4v) is 4.50. The monoisotopic (exact) mass is 340 g/mol. The van der Waals surface area contributed by atoms with Crippen LogP contribution in [0.5, 0.6) is 0 Å². The summed E-state index contributed by atoms with van der Waals surface area (Å²) in [6.45, 7) is 7.69. The summed E-state index contributed by atoms with van der Waals surface area (Å²) in [5.74, 6) is 0. The minimum absolute atomic E-state index is 0.206. The number of aromatic nitrogens is 1. The van der Waals surface area contributed by atoms with Crippen LogP contribution in [0.25, 0.3) is 10.9 Å². The van der Waals surface area contributed by atoms with Crippen LogP contribution in [0.3, 0.4) is 0 Å². The molecule has 0 saturated carbocycles. The van der Waals surface area contributed by atoms with Crippen LogP contribution >= 0.6 is 0 Å². The molecular formula is C19H20N2O2S. The lowest BCUT2D eigenvalue weighted by atomic mass is 10.1. The maximum Gasteiger partial charge on any atom is 0.264 e. The number of hydrogen-bond donors (Lipinski definition) is 1. The zero-order chi connectivity index (χ0) is 17.5. The first-order chi connectivity index (χ1) is 11.3. The average molecular weight is 340 g/mol. The van der Waals surface area contributed by atoms with E-state index in [1.807, 2.05) is 52.0 Å². The summed E-state index contributed by atoms with van der Waals surface area (Å²) in [4.78, 5) is 4.48. The van der Waals surface area contributed by atoms with Gasteiger partial charge in [-0.1, -0.05) is 23.8 Å². The normalized spacial score (nSPS) is 11.7. The molecule has 0 saturated heterocycles. The predicted octanol–water partition coefficient (Wildman–Crippen LogP) is 4.27. The number of benzene rings is 2. The number of rotatable bonds is 3. The maximum atomic E-state index is 13.0. The Bertz CT molecular complexity index is 1020. The average Bonchev–Trinajstić information content (AvgIpc) is 2.50. The first-order valence-corrected chi connectivity index (χ1v) is 9.22. The van der Waals surface area contributed by atoms with Crippen LogP contribution in [0.4, 0.5) is 5.69 Å². The van der Waals surface area contributed by atoms with Crippen LogP contribution in [0.1, 0.15) is 22.3 Å². The minimum Gasteiger partial charge on any atom is -0.279 e. The van der Waals surface area contributed by atoms with Gasteiger partial charge in [0.1, 0.15) is 4.90 Å². The number of sulfonamides is 1. The molecule has 24 heavy (non-hydrogen) atoms. The Labute approximate surface area is 142 Å². The molecule has 0 radical (unpaired) electrons. The molecule has 3 rings (SSSR count). The van der Waals surface area contributed by atoms with Gasteiger partial charge in [-0.05, 0) is 62.6 Å². The molecule has 4 nitrogen and oxygen atoms in total. The molecule has 0 atom stereocenters. The number of anilines is 1. The van der Waals surface area contributed by atoms with E-state index < -0.39 is 10.0 Å². The van der Waals surface area contributed by atoms with Crippen molar-refractivity contribution in [2.24, 2.45) is 0 Å². The highest BCUT2D eigenvalue weighted by atomic mass is 32.2. The van der Waals surface area contributed by atoms with Gasteiger partial charge in [-0.15, -0.1) is 0 Å². The summed E-state index contributed by atoms with van der Waals surface area (Å²) in [6, 6.07) is 11.2. The molecule has 5 heteroatoms. The molecule has 0 spiro atoms. The van der Waals surface area contributed by atoms with Crippen molar-refractivity contribution in [1.29, 1.82) is 0 Å². The lowest BCUT2D eigenvalue weighted by Crippen LogP contribution is -2.16. The Morgan fingerprint density at radius 2 is 1.54 bits per heavy atom. The molecule has 3 aromatic rings. The van der Waals surface area contributed by atoms with Crippen molar-refractivity contribution in [3.8, 4) is 0 Å². The van der Waals surface area contributed by atoms with Crippen molar-refractivity contribution in [3.05, 3.63) is 64.8 Å². The van der Waals surface area contributed by atoms with Gasteiger partial charge >= 0.3 is 0 Å². The molecule has 124 valence electrons. The first kappa shape index (κ1) is 16.5. The Morgan fingerprint density at radius 1 is 0.917 bits per heavy atom. The van der Waals surface area contributed by atoms with Crippen molar-refractivity contribution in [1.82, 2.24) is 4.98 Å². The smallest absolute Gasteiger partial charge is 0.264 e. The number of nitrogens with one attached hydrogen (secondary N) is 1. The van der Waals surface area contributed by atoms with Crippen LogP contribution in [0, 0.1) is 27.7 Å². The van der Waals surface area contributed by atoms with E-state index in [4.69, 9.17) is 0 Å². The number of nitrogens with zero attached hydrogens (tertiary/aromatic N) is 1. The van der Waals surface area contributed by atoms with Gasteiger partial charge in [0.15, 0.2) is 0 Å². The van der Waals surface area contributed by atoms with Crippen molar-refractivity contribution in [3.63, 3.8) is 0 Å². The Morgan fingerprint density at radius 3 is 2.21 bits per heavy atom. The van der Waals surface area contributed by atoms with Crippen LogP contribution in [0.15, 0.2) is 47.5 Å². The highest BCUT2D eigenvalue weighted by molar-refractivity contribution is 7.93. The zero-order valence-corrected chi connectivity index (χ0v) is 15.0. The van der Waals surface area contributed by atoms with Crippen LogP contribution < -0.4 is 4.72 Å². The van der Waals surface area contributed by atoms with Crippen molar-refractivity contribution in [2.45, 2.75) is 32.6 Å². The second kappa shape index (κ2) is 5.91. The first-order valence-electron chi connectivity index (χ1n) is 7.74. The summed E-state index contributed by atoms with van der Waals surface area (Å²) in [5.41, 5.74) is 4.91. The molecule has 0 aliphatic heterocycles. The molecule has 1 N–H and O–H groups in total. The van der Waals surface area contributed by atoms with E-state index >= 15 is 0 Å². The minimum atomic E-state index is -3.73. The van der Waals surface area contributed by atoms with Crippen molar-refractivity contribution in [2.75, 3.05) is 4.72 Å². The van der Waals surface area contributed by atoms with E-state index in [0.717, 1.165) is 27.6 Å². The van der Waals surface area contributed by atoms with Gasteiger partial charge in [-0.25, -0.2) is 8.42 Å². The summed E-state index contributed by atoms with van der Waals surface area (Å²) in [5, 5.41) is 0.815. The van der Waals surface area contributed by atoms with Gasteiger partial charge in [0.25, 0.3) is 10.0 Å². The molecule has 0 fully saturated rings. The SMILES string of the molecule is Cc1cc(C)c(NS(=O)(=O)c2cc(C)cc3cccnc23)c(C)c1. The van der Waals surface area contributed by atoms with Crippen LogP contribution in [-0.4, -0.2) is 13.4 Å². The summed E-state index contributed by atoms with van der Waals surface area (Å²) in [7, 11) is -3.73. The molecule has 0 aliphatic rings. The maximum absolute atomic E-state index is 13.0. The van der Waals surface area contributed by atoms with E-state index in [9.17, 15) is 8.42 Å². The third-order valence-corrected chi connectivity index (χ3v) is 5.38. The van der Waals surface area contributed by atoms with E-state index in [2.05, 4.69) is 9.71 Å². The molecule has 1 aromatic heterocycles. The standard InChI is InChI=1S/C19H20N2O2S/c1-12-8-14(3)18(15(4)9-12)21-24(22,23)17-11-13(2)10-16-6-5-7-20-19(16)17/h5-11,21H,1-4H3. The Balaban J connectivity index is 2.16. The molecular weight excluding hydrogens is 320 g/mol. The zero-order valence-electron chi connectivity index (χ0n) is 14.2. The fraction of sp³-hybridized carbons (Fsp3) is 0.211. The Hall–Kier alpha value is -2.40. The van der Waals surface area contributed by atoms with Gasteiger partial charge in [-0.2, -0.15) is 0 Å². The fourth-order valence-electron chi connectivity index (χ4n) is 3.04. The van der Waals surface area contributed by atoms with Crippen molar-refractivity contribution >= 4 is 26.6 Å². The molecule has 0 unspecified atom stereocenters. The highest BCUT2D eigenvalue weighted by Crippen LogP contribution is 2.28. The van der Waals surface area contributed by atoms with E-state index in [1.54, 1.807) is 18.3 Å². The van der Waals surface area contributed by atoms with Crippen molar-refractivity contribution < 1.29 is 8.42 Å². The van der Waals surface area contributed by atoms with Crippen LogP contribution in [0.2, 0.25) is 0 Å². The summed E-state index contributed by atoms with van der Waals surface area (Å²) in [6.07, 6.45) is 1.61. The molecule has 0 bridgehead atoms. The second-order valence-corrected chi connectivity index (χ2v) is 7.87. The quantitative estimate of drug-likeness (QED) is 0.774. The second-order valence-electron chi connectivity index (χ2n) is 6.22. The van der Waals surface area contributed by atoms with Gasteiger partial charge in [0, 0.05) is 11.6 Å². The van der Waals surface area contributed by atoms with E-state index in [1.165, 1.54) is 0 Å². The van der Waals surface area contributed by atoms with Gasteiger partial charge in [-0.3, -0.25) is 9.71 Å².